The summed E-state index contributed by atoms with van der Waals surface area (Å²) in [7, 11) is 0. The van der Waals surface area contributed by atoms with Crippen molar-refractivity contribution in [3.8, 4) is 22.4 Å². The van der Waals surface area contributed by atoms with Crippen molar-refractivity contribution in [2.75, 3.05) is 5.73 Å². The van der Waals surface area contributed by atoms with E-state index in [9.17, 15) is 0 Å². The number of aromatic amines is 1. The van der Waals surface area contributed by atoms with Crippen LogP contribution in [-0.2, 0) is 0 Å². The number of hydrogen-bond donors (Lipinski definition) is 2. The zero-order valence-electron chi connectivity index (χ0n) is 10.4. The first-order valence-electron chi connectivity index (χ1n) is 6.02. The van der Waals surface area contributed by atoms with Gasteiger partial charge in [0, 0.05) is 20.6 Å². The van der Waals surface area contributed by atoms with E-state index in [0.29, 0.717) is 10.8 Å². The highest BCUT2D eigenvalue weighted by Crippen LogP contribution is 2.40. The highest BCUT2D eigenvalue weighted by molar-refractivity contribution is 9.10. The van der Waals surface area contributed by atoms with Gasteiger partial charge in [0.1, 0.15) is 0 Å². The molecular weight excluding hydrogens is 338 g/mol. The molecule has 5 heteroatoms. The Morgan fingerprint density at radius 2 is 1.65 bits per heavy atom. The van der Waals surface area contributed by atoms with Gasteiger partial charge in [0.25, 0.3) is 0 Å². The van der Waals surface area contributed by atoms with Crippen molar-refractivity contribution < 1.29 is 0 Å². The highest BCUT2D eigenvalue weighted by Gasteiger charge is 2.18. The second-order valence-electron chi connectivity index (χ2n) is 4.32. The van der Waals surface area contributed by atoms with Crippen molar-refractivity contribution in [1.29, 1.82) is 0 Å². The van der Waals surface area contributed by atoms with Crippen LogP contribution < -0.4 is 5.73 Å². The van der Waals surface area contributed by atoms with Crippen LogP contribution in [0.4, 0.5) is 5.82 Å². The second-order valence-corrected chi connectivity index (χ2v) is 5.58. The van der Waals surface area contributed by atoms with Gasteiger partial charge in [-0.25, -0.2) is 0 Å². The average molecular weight is 349 g/mol. The summed E-state index contributed by atoms with van der Waals surface area (Å²) in [4.78, 5) is 0. The molecule has 2 aromatic carbocycles. The zero-order chi connectivity index (χ0) is 14.1. The number of nitrogen functional groups attached to an aromatic ring is 1. The number of anilines is 1. The Morgan fingerprint density at radius 3 is 2.35 bits per heavy atom. The second kappa shape index (κ2) is 5.31. The molecule has 0 radical (unpaired) electrons. The van der Waals surface area contributed by atoms with E-state index in [-0.39, 0.29) is 0 Å². The summed E-state index contributed by atoms with van der Waals surface area (Å²) in [5, 5.41) is 7.76. The van der Waals surface area contributed by atoms with Gasteiger partial charge in [-0.3, -0.25) is 5.10 Å². The zero-order valence-corrected chi connectivity index (χ0v) is 12.7. The SMILES string of the molecule is Nc1n[nH]c(-c2ccccc2Cl)c1-c1ccccc1Br. The molecule has 0 saturated heterocycles. The Bertz CT molecular complexity index is 767. The van der Waals surface area contributed by atoms with Crippen LogP contribution in [-0.4, -0.2) is 10.2 Å². The van der Waals surface area contributed by atoms with Gasteiger partial charge in [-0.05, 0) is 12.1 Å². The van der Waals surface area contributed by atoms with E-state index >= 15 is 0 Å². The topological polar surface area (TPSA) is 54.7 Å². The number of aromatic nitrogens is 2. The van der Waals surface area contributed by atoms with E-state index in [1.54, 1.807) is 0 Å². The highest BCUT2D eigenvalue weighted by atomic mass is 79.9. The van der Waals surface area contributed by atoms with Gasteiger partial charge < -0.3 is 5.73 Å². The van der Waals surface area contributed by atoms with E-state index in [1.165, 1.54) is 0 Å². The predicted molar refractivity (Wildman–Crippen MR) is 86.6 cm³/mol. The van der Waals surface area contributed by atoms with Crippen LogP contribution in [0.2, 0.25) is 5.02 Å². The summed E-state index contributed by atoms with van der Waals surface area (Å²) in [6.07, 6.45) is 0. The minimum Gasteiger partial charge on any atom is -0.382 e. The molecule has 0 aliphatic rings. The summed E-state index contributed by atoms with van der Waals surface area (Å²) >= 11 is 9.81. The van der Waals surface area contributed by atoms with E-state index in [0.717, 1.165) is 26.9 Å². The Balaban J connectivity index is 2.26. The fraction of sp³-hybridized carbons (Fsp3) is 0. The number of rotatable bonds is 2. The van der Waals surface area contributed by atoms with Crippen LogP contribution >= 0.6 is 27.5 Å². The van der Waals surface area contributed by atoms with E-state index in [1.807, 2.05) is 48.5 Å². The normalized spacial score (nSPS) is 10.7. The van der Waals surface area contributed by atoms with Crippen molar-refractivity contribution in [3.63, 3.8) is 0 Å². The van der Waals surface area contributed by atoms with Crippen LogP contribution in [0, 0.1) is 0 Å². The van der Waals surface area contributed by atoms with E-state index in [2.05, 4.69) is 26.1 Å². The third-order valence-electron chi connectivity index (χ3n) is 3.08. The molecule has 0 atom stereocenters. The van der Waals surface area contributed by atoms with Gasteiger partial charge in [0.05, 0.1) is 11.3 Å². The maximum absolute atomic E-state index is 6.27. The maximum atomic E-state index is 6.27. The molecule has 0 aliphatic heterocycles. The van der Waals surface area contributed by atoms with Gasteiger partial charge >= 0.3 is 0 Å². The summed E-state index contributed by atoms with van der Waals surface area (Å²) < 4.78 is 0.960. The summed E-state index contributed by atoms with van der Waals surface area (Å²) in [5.74, 6) is 0.451. The lowest BCUT2D eigenvalue weighted by Gasteiger charge is -2.08. The summed E-state index contributed by atoms with van der Waals surface area (Å²) in [6, 6.07) is 15.5. The smallest absolute Gasteiger partial charge is 0.153 e. The van der Waals surface area contributed by atoms with Crippen molar-refractivity contribution >= 4 is 33.3 Å². The monoisotopic (exact) mass is 347 g/mol. The molecule has 0 saturated carbocycles. The van der Waals surface area contributed by atoms with Crippen LogP contribution in [0.5, 0.6) is 0 Å². The van der Waals surface area contributed by atoms with Crippen molar-refractivity contribution in [1.82, 2.24) is 10.2 Å². The first-order chi connectivity index (χ1) is 9.68. The Morgan fingerprint density at radius 1 is 1.00 bits per heavy atom. The number of hydrogen-bond acceptors (Lipinski definition) is 2. The fourth-order valence-corrected chi connectivity index (χ4v) is 2.86. The molecule has 3 aromatic rings. The fourth-order valence-electron chi connectivity index (χ4n) is 2.15. The van der Waals surface area contributed by atoms with E-state index in [4.69, 9.17) is 17.3 Å². The molecule has 0 bridgehead atoms. The molecule has 3 N–H and O–H groups in total. The predicted octanol–water partition coefficient (Wildman–Crippen LogP) is 4.74. The van der Waals surface area contributed by atoms with Crippen LogP contribution in [0.3, 0.4) is 0 Å². The standard InChI is InChI=1S/C15H11BrClN3/c16-11-7-3-1-5-9(11)13-14(19-20-15(13)18)10-6-2-4-8-12(10)17/h1-8H,(H3,18,19,20). The first kappa shape index (κ1) is 13.2. The lowest BCUT2D eigenvalue weighted by atomic mass is 10.0. The molecule has 3 nitrogen and oxygen atoms in total. The Hall–Kier alpha value is -1.78. The number of benzene rings is 2. The lowest BCUT2D eigenvalue weighted by Crippen LogP contribution is -1.90. The third kappa shape index (κ3) is 2.21. The number of nitrogens with two attached hydrogens (primary N) is 1. The molecule has 0 spiro atoms. The summed E-state index contributed by atoms with van der Waals surface area (Å²) in [6.45, 7) is 0. The minimum atomic E-state index is 0.451. The Kier molecular flexibility index (Phi) is 3.51. The first-order valence-corrected chi connectivity index (χ1v) is 7.19. The molecule has 1 heterocycles. The number of H-pyrrole nitrogens is 1. The minimum absolute atomic E-state index is 0.451. The van der Waals surface area contributed by atoms with Gasteiger partial charge in [0.2, 0.25) is 0 Å². The lowest BCUT2D eigenvalue weighted by molar-refractivity contribution is 1.10. The largest absolute Gasteiger partial charge is 0.382 e. The molecule has 3 rings (SSSR count). The van der Waals surface area contributed by atoms with Crippen LogP contribution in [0.1, 0.15) is 0 Å². The molecule has 1 aromatic heterocycles. The third-order valence-corrected chi connectivity index (χ3v) is 4.10. The number of nitrogens with zero attached hydrogens (tertiary/aromatic N) is 1. The quantitative estimate of drug-likeness (QED) is 0.702. The molecule has 0 fully saturated rings. The van der Waals surface area contributed by atoms with Crippen LogP contribution in [0.25, 0.3) is 22.4 Å². The van der Waals surface area contributed by atoms with Gasteiger partial charge in [-0.1, -0.05) is 63.9 Å². The summed E-state index contributed by atoms with van der Waals surface area (Å²) in [5.41, 5.74) is 9.55. The molecule has 20 heavy (non-hydrogen) atoms. The average Bonchev–Trinajstić information content (AvgIpc) is 2.82. The van der Waals surface area contributed by atoms with Crippen molar-refractivity contribution in [2.45, 2.75) is 0 Å². The molecule has 0 unspecified atom stereocenters. The molecule has 0 aliphatic carbocycles. The van der Waals surface area contributed by atoms with Gasteiger partial charge in [-0.15, -0.1) is 0 Å². The number of nitrogens with one attached hydrogen (secondary N) is 1. The van der Waals surface area contributed by atoms with Gasteiger partial charge in [-0.2, -0.15) is 5.10 Å². The maximum Gasteiger partial charge on any atom is 0.153 e. The van der Waals surface area contributed by atoms with E-state index < -0.39 is 0 Å². The van der Waals surface area contributed by atoms with Gasteiger partial charge in [0.15, 0.2) is 5.82 Å². The van der Waals surface area contributed by atoms with Crippen LogP contribution in [0.15, 0.2) is 53.0 Å². The number of halogens is 2. The molecule has 0 amide bonds. The van der Waals surface area contributed by atoms with Crippen molar-refractivity contribution in [3.05, 3.63) is 58.0 Å². The molecule has 100 valence electrons. The Labute approximate surface area is 129 Å². The van der Waals surface area contributed by atoms with Crippen molar-refractivity contribution in [2.24, 2.45) is 0 Å². The molecular formula is C15H11BrClN3.